The molecule has 0 spiro atoms. The Morgan fingerprint density at radius 3 is 2.64 bits per heavy atom. The number of aromatic carboxylic acids is 2. The number of hydrogen-bond donors (Lipinski definition) is 2. The fourth-order valence-corrected chi connectivity index (χ4v) is 2.19. The summed E-state index contributed by atoms with van der Waals surface area (Å²) in [6, 6.07) is 6.49. The van der Waals surface area contributed by atoms with Crippen LogP contribution in [0.15, 0.2) is 24.3 Å². The van der Waals surface area contributed by atoms with Crippen molar-refractivity contribution in [3.8, 4) is 0 Å². The van der Waals surface area contributed by atoms with Crippen LogP contribution in [0.25, 0.3) is 0 Å². The van der Waals surface area contributed by atoms with Crippen LogP contribution in [0.4, 0.5) is 0 Å². The van der Waals surface area contributed by atoms with Gasteiger partial charge in [0.2, 0.25) is 0 Å². The number of unbranched alkanes of at least 4 members (excludes halogenated alkanes) is 1. The molecular formula is C15H17N3O4. The Morgan fingerprint density at radius 1 is 1.23 bits per heavy atom. The molecule has 1 heterocycles. The lowest BCUT2D eigenvalue weighted by atomic mass is 10.1. The van der Waals surface area contributed by atoms with Crippen LogP contribution in [0.2, 0.25) is 0 Å². The molecule has 0 amide bonds. The average Bonchev–Trinajstić information content (AvgIpc) is 2.88. The molecule has 2 aromatic rings. The van der Waals surface area contributed by atoms with Crippen LogP contribution >= 0.6 is 0 Å². The van der Waals surface area contributed by atoms with Crippen LogP contribution in [0.3, 0.4) is 0 Å². The van der Waals surface area contributed by atoms with E-state index in [1.54, 1.807) is 18.2 Å². The molecule has 7 nitrogen and oxygen atoms in total. The molecule has 1 aromatic heterocycles. The second-order valence-corrected chi connectivity index (χ2v) is 4.96. The van der Waals surface area contributed by atoms with Gasteiger partial charge in [-0.25, -0.2) is 14.3 Å². The van der Waals surface area contributed by atoms with E-state index in [9.17, 15) is 9.59 Å². The first-order valence-corrected chi connectivity index (χ1v) is 7.00. The summed E-state index contributed by atoms with van der Waals surface area (Å²) in [5, 5.41) is 25.8. The van der Waals surface area contributed by atoms with E-state index in [0.29, 0.717) is 18.7 Å². The molecular weight excluding hydrogens is 286 g/mol. The smallest absolute Gasteiger partial charge is 0.358 e. The van der Waals surface area contributed by atoms with Gasteiger partial charge in [0, 0.05) is 0 Å². The highest BCUT2D eigenvalue weighted by molar-refractivity contribution is 5.87. The Labute approximate surface area is 127 Å². The van der Waals surface area contributed by atoms with Gasteiger partial charge >= 0.3 is 11.9 Å². The summed E-state index contributed by atoms with van der Waals surface area (Å²) in [7, 11) is 0. The summed E-state index contributed by atoms with van der Waals surface area (Å²) in [6.45, 7) is 2.31. The molecule has 0 atom stereocenters. The minimum atomic E-state index is -1.10. The highest BCUT2D eigenvalue weighted by Gasteiger charge is 2.18. The predicted molar refractivity (Wildman–Crippen MR) is 78.1 cm³/mol. The molecule has 0 radical (unpaired) electrons. The zero-order valence-corrected chi connectivity index (χ0v) is 12.2. The zero-order chi connectivity index (χ0) is 16.1. The van der Waals surface area contributed by atoms with Crippen molar-refractivity contribution in [1.82, 2.24) is 15.0 Å². The maximum atomic E-state index is 11.2. The quantitative estimate of drug-likeness (QED) is 0.811. The van der Waals surface area contributed by atoms with Gasteiger partial charge in [-0.15, -0.1) is 5.10 Å². The topological polar surface area (TPSA) is 105 Å². The van der Waals surface area contributed by atoms with Crippen LogP contribution < -0.4 is 0 Å². The van der Waals surface area contributed by atoms with Crippen molar-refractivity contribution >= 4 is 11.9 Å². The van der Waals surface area contributed by atoms with Crippen molar-refractivity contribution in [2.75, 3.05) is 0 Å². The van der Waals surface area contributed by atoms with Crippen molar-refractivity contribution in [2.45, 2.75) is 32.7 Å². The molecule has 0 aliphatic heterocycles. The summed E-state index contributed by atoms with van der Waals surface area (Å²) in [6.07, 6.45) is 2.34. The van der Waals surface area contributed by atoms with Crippen LogP contribution in [0, 0.1) is 0 Å². The van der Waals surface area contributed by atoms with E-state index < -0.39 is 11.9 Å². The first-order valence-electron chi connectivity index (χ1n) is 7.00. The second-order valence-electron chi connectivity index (χ2n) is 4.96. The van der Waals surface area contributed by atoms with Gasteiger partial charge < -0.3 is 10.2 Å². The van der Waals surface area contributed by atoms with Gasteiger partial charge in [0.25, 0.3) is 0 Å². The van der Waals surface area contributed by atoms with E-state index >= 15 is 0 Å². The SMILES string of the molecule is CCCCc1c(C(=O)O)nnn1Cc1cccc(C(=O)O)c1. The molecule has 0 aliphatic carbocycles. The Balaban J connectivity index is 2.30. The van der Waals surface area contributed by atoms with Crippen molar-refractivity contribution in [3.05, 3.63) is 46.8 Å². The number of nitrogens with zero attached hydrogens (tertiary/aromatic N) is 3. The molecule has 2 rings (SSSR count). The molecule has 0 unspecified atom stereocenters. The lowest BCUT2D eigenvalue weighted by Crippen LogP contribution is -2.10. The average molecular weight is 303 g/mol. The Kier molecular flexibility index (Phi) is 4.88. The van der Waals surface area contributed by atoms with E-state index in [4.69, 9.17) is 10.2 Å². The summed E-state index contributed by atoms with van der Waals surface area (Å²) >= 11 is 0. The van der Waals surface area contributed by atoms with Gasteiger partial charge in [-0.2, -0.15) is 0 Å². The summed E-state index contributed by atoms with van der Waals surface area (Å²) < 4.78 is 1.53. The third-order valence-electron chi connectivity index (χ3n) is 3.31. The second kappa shape index (κ2) is 6.84. The van der Waals surface area contributed by atoms with Crippen molar-refractivity contribution in [1.29, 1.82) is 0 Å². The van der Waals surface area contributed by atoms with E-state index in [2.05, 4.69) is 10.3 Å². The third-order valence-corrected chi connectivity index (χ3v) is 3.31. The third kappa shape index (κ3) is 3.49. The number of hydrogen-bond acceptors (Lipinski definition) is 4. The van der Waals surface area contributed by atoms with Crippen molar-refractivity contribution in [2.24, 2.45) is 0 Å². The molecule has 22 heavy (non-hydrogen) atoms. The first-order chi connectivity index (χ1) is 10.5. The number of rotatable bonds is 7. The van der Waals surface area contributed by atoms with Crippen LogP contribution in [0.5, 0.6) is 0 Å². The fourth-order valence-electron chi connectivity index (χ4n) is 2.19. The number of benzene rings is 1. The van der Waals surface area contributed by atoms with Crippen LogP contribution in [0.1, 0.15) is 51.9 Å². The summed E-state index contributed by atoms with van der Waals surface area (Å²) in [5.41, 5.74) is 1.45. The largest absolute Gasteiger partial charge is 0.478 e. The number of carboxylic acid groups (broad SMARTS) is 2. The van der Waals surface area contributed by atoms with E-state index in [1.165, 1.54) is 10.7 Å². The zero-order valence-electron chi connectivity index (χ0n) is 12.2. The fraction of sp³-hybridized carbons (Fsp3) is 0.333. The predicted octanol–water partition coefficient (Wildman–Crippen LogP) is 2.07. The molecule has 0 fully saturated rings. The van der Waals surface area contributed by atoms with E-state index in [1.807, 2.05) is 6.92 Å². The molecule has 1 aromatic carbocycles. The minimum Gasteiger partial charge on any atom is -0.478 e. The maximum absolute atomic E-state index is 11.2. The summed E-state index contributed by atoms with van der Waals surface area (Å²) in [4.78, 5) is 22.2. The standard InChI is InChI=1S/C15H17N3O4/c1-2-3-7-12-13(15(21)22)16-17-18(12)9-10-5-4-6-11(8-10)14(19)20/h4-6,8H,2-3,7,9H2,1H3,(H,19,20)(H,21,22). The number of carbonyl (C=O) groups is 2. The lowest BCUT2D eigenvalue weighted by Gasteiger charge is -2.07. The van der Waals surface area contributed by atoms with E-state index in [-0.39, 0.29) is 11.3 Å². The molecule has 0 bridgehead atoms. The van der Waals surface area contributed by atoms with Gasteiger partial charge in [-0.1, -0.05) is 30.7 Å². The van der Waals surface area contributed by atoms with Crippen LogP contribution in [-0.4, -0.2) is 37.1 Å². The lowest BCUT2D eigenvalue weighted by molar-refractivity contribution is 0.0681. The van der Waals surface area contributed by atoms with Gasteiger partial charge in [-0.05, 0) is 30.5 Å². The minimum absolute atomic E-state index is 0.0390. The molecule has 0 saturated heterocycles. The van der Waals surface area contributed by atoms with Gasteiger partial charge in [0.1, 0.15) is 0 Å². The molecule has 0 aliphatic rings. The molecule has 116 valence electrons. The monoisotopic (exact) mass is 303 g/mol. The molecule has 0 saturated carbocycles. The first kappa shape index (κ1) is 15.7. The Morgan fingerprint density at radius 2 is 2.00 bits per heavy atom. The molecule has 2 N–H and O–H groups in total. The highest BCUT2D eigenvalue weighted by atomic mass is 16.4. The van der Waals surface area contributed by atoms with Gasteiger partial charge in [0.15, 0.2) is 5.69 Å². The normalized spacial score (nSPS) is 10.6. The van der Waals surface area contributed by atoms with E-state index in [0.717, 1.165) is 18.4 Å². The summed E-state index contributed by atoms with van der Waals surface area (Å²) in [5.74, 6) is -2.10. The van der Waals surface area contributed by atoms with Crippen molar-refractivity contribution < 1.29 is 19.8 Å². The molecule has 7 heteroatoms. The highest BCUT2D eigenvalue weighted by Crippen LogP contribution is 2.13. The Bertz CT molecular complexity index is 694. The number of carboxylic acids is 2. The van der Waals surface area contributed by atoms with Crippen molar-refractivity contribution in [3.63, 3.8) is 0 Å². The van der Waals surface area contributed by atoms with Gasteiger partial charge in [0.05, 0.1) is 17.8 Å². The Hall–Kier alpha value is -2.70. The van der Waals surface area contributed by atoms with Gasteiger partial charge in [-0.3, -0.25) is 0 Å². The van der Waals surface area contributed by atoms with Crippen LogP contribution in [-0.2, 0) is 13.0 Å². The number of aromatic nitrogens is 3. The maximum Gasteiger partial charge on any atom is 0.358 e.